The third-order valence-electron chi connectivity index (χ3n) is 10.9. The highest BCUT2D eigenvalue weighted by Gasteiger charge is 2.52. The average molecular weight is 901 g/mol. The molecule has 1 heterocycles. The number of non-ortho nitro benzene ring substituents is 1. The Kier molecular flexibility index (Phi) is 15.5. The van der Waals surface area contributed by atoms with Crippen molar-refractivity contribution in [3.63, 3.8) is 0 Å². The molecule has 0 aromatic heterocycles. The first kappa shape index (κ1) is 46.8. The molecule has 0 saturated carbocycles. The lowest BCUT2D eigenvalue weighted by atomic mass is 9.71. The standard InChI is InChI=1S/C45H44N2O18/c1-59-42(54)41-34(21-39(50)51)33(20-38(48)49)35(22-40(52)53)43(65-41)63-28-14-11-25(23-62-45(56)64-27-15-12-26(13-16-27)47(57)58)37(19-28)60-18-6-17-46-44(55)61-24-36-31-9-4-2-7-29(31)30-8-3-5-10-32(30)36/h2-5,7-16,19,33-36,41,43H,6,17-18,20-24H2,1H3,(H,46,55)(H,48,49)(H,50,51)(H,52,53)/t33-,34-,35+,41-,43+/m0/s1. The van der Waals surface area contributed by atoms with E-state index in [4.69, 9.17) is 33.2 Å². The number of methoxy groups -OCH3 is 1. The SMILES string of the molecule is COC(=O)[C@H]1O[C@@H](Oc2ccc(COC(=O)Oc3ccc([N+](=O)[O-])cc3)c(OCCCNC(=O)OCC3c4ccccc4-c4ccccc43)c2)[C@H](CC(=O)O)[C@@H](CC(=O)O)[C@@H]1CC(=O)O. The highest BCUT2D eigenvalue weighted by Crippen LogP contribution is 2.45. The van der Waals surface area contributed by atoms with E-state index in [2.05, 4.69) is 5.32 Å². The van der Waals surface area contributed by atoms with Crippen molar-refractivity contribution >= 4 is 41.8 Å². The maximum absolute atomic E-state index is 12.9. The van der Waals surface area contributed by atoms with Crippen LogP contribution in [0.25, 0.3) is 11.1 Å². The Labute approximate surface area is 370 Å². The molecule has 20 nitrogen and oxygen atoms in total. The molecule has 4 N–H and O–H groups in total. The molecular formula is C45H44N2O18. The fourth-order valence-corrected chi connectivity index (χ4v) is 7.95. The van der Waals surface area contributed by atoms with Crippen molar-refractivity contribution < 1.29 is 82.2 Å². The van der Waals surface area contributed by atoms with E-state index in [0.717, 1.165) is 41.5 Å². The number of aliphatic carboxylic acids is 3. The number of fused-ring (bicyclic) bond motifs is 3. The number of hydrogen-bond donors (Lipinski definition) is 4. The summed E-state index contributed by atoms with van der Waals surface area (Å²) in [6, 6.07) is 24.6. The molecule has 2 aliphatic rings. The third kappa shape index (κ3) is 12.0. The van der Waals surface area contributed by atoms with Crippen LogP contribution in [0.1, 0.15) is 48.3 Å². The Morgan fingerprint density at radius 1 is 0.754 bits per heavy atom. The molecule has 342 valence electrons. The minimum Gasteiger partial charge on any atom is -0.493 e. The summed E-state index contributed by atoms with van der Waals surface area (Å²) in [6.07, 6.45) is -7.03. The smallest absolute Gasteiger partial charge is 0.493 e. The monoisotopic (exact) mass is 900 g/mol. The van der Waals surface area contributed by atoms with E-state index in [-0.39, 0.29) is 60.6 Å². The molecule has 5 atom stereocenters. The molecule has 0 bridgehead atoms. The minimum absolute atomic E-state index is 0.0309. The van der Waals surface area contributed by atoms with Gasteiger partial charge in [0, 0.05) is 54.5 Å². The number of ether oxygens (including phenoxy) is 7. The minimum atomic E-state index is -1.65. The summed E-state index contributed by atoms with van der Waals surface area (Å²) >= 11 is 0. The van der Waals surface area contributed by atoms with Crippen molar-refractivity contribution in [2.75, 3.05) is 26.9 Å². The molecule has 4 aromatic rings. The Hall–Kier alpha value is -7.74. The van der Waals surface area contributed by atoms with E-state index in [0.29, 0.717) is 0 Å². The van der Waals surface area contributed by atoms with Crippen LogP contribution in [-0.4, -0.2) is 95.6 Å². The van der Waals surface area contributed by atoms with Gasteiger partial charge in [-0.25, -0.2) is 14.4 Å². The van der Waals surface area contributed by atoms with E-state index in [1.807, 2.05) is 48.5 Å². The number of nitro groups is 1. The third-order valence-corrected chi connectivity index (χ3v) is 10.9. The van der Waals surface area contributed by atoms with Crippen LogP contribution in [0.2, 0.25) is 0 Å². The summed E-state index contributed by atoms with van der Waals surface area (Å²) in [5.41, 5.74) is 4.30. The first-order valence-electron chi connectivity index (χ1n) is 20.2. The first-order valence-corrected chi connectivity index (χ1v) is 20.2. The summed E-state index contributed by atoms with van der Waals surface area (Å²) in [4.78, 5) is 84.6. The van der Waals surface area contributed by atoms with Crippen molar-refractivity contribution in [3.8, 4) is 28.4 Å². The zero-order valence-corrected chi connectivity index (χ0v) is 34.7. The molecule has 1 amide bonds. The highest BCUT2D eigenvalue weighted by atomic mass is 16.7. The van der Waals surface area contributed by atoms with Gasteiger partial charge in [-0.3, -0.25) is 24.5 Å². The maximum Gasteiger partial charge on any atom is 0.514 e. The molecule has 0 radical (unpaired) electrons. The second-order valence-corrected chi connectivity index (χ2v) is 15.0. The van der Waals surface area contributed by atoms with Crippen LogP contribution >= 0.6 is 0 Å². The van der Waals surface area contributed by atoms with E-state index in [9.17, 15) is 54.2 Å². The molecule has 0 spiro atoms. The van der Waals surface area contributed by atoms with Gasteiger partial charge in [-0.05, 0) is 58.9 Å². The maximum atomic E-state index is 12.9. The van der Waals surface area contributed by atoms with Crippen LogP contribution < -0.4 is 19.5 Å². The van der Waals surface area contributed by atoms with E-state index in [1.165, 1.54) is 30.3 Å². The zero-order chi connectivity index (χ0) is 46.6. The lowest BCUT2D eigenvalue weighted by Crippen LogP contribution is -2.54. The van der Waals surface area contributed by atoms with Crippen LogP contribution in [0.5, 0.6) is 17.2 Å². The van der Waals surface area contributed by atoms with Gasteiger partial charge in [0.25, 0.3) is 5.69 Å². The van der Waals surface area contributed by atoms with Crippen LogP contribution in [0.15, 0.2) is 91.0 Å². The van der Waals surface area contributed by atoms with Crippen molar-refractivity contribution in [3.05, 3.63) is 118 Å². The number of carbonyl (C=O) groups is 6. The number of rotatable bonds is 20. The van der Waals surface area contributed by atoms with Crippen molar-refractivity contribution in [2.45, 2.75) is 50.6 Å². The predicted octanol–water partition coefficient (Wildman–Crippen LogP) is 6.17. The number of nitrogens with one attached hydrogen (secondary N) is 1. The summed E-state index contributed by atoms with van der Waals surface area (Å²) < 4.78 is 38.9. The Balaban J connectivity index is 1.15. The molecule has 0 unspecified atom stereocenters. The number of carboxylic acids is 3. The van der Waals surface area contributed by atoms with Crippen molar-refractivity contribution in [1.82, 2.24) is 5.32 Å². The van der Waals surface area contributed by atoms with Crippen molar-refractivity contribution in [1.29, 1.82) is 0 Å². The first-order chi connectivity index (χ1) is 31.2. The number of amides is 1. The molecule has 6 rings (SSSR count). The van der Waals surface area contributed by atoms with Gasteiger partial charge in [-0.15, -0.1) is 0 Å². The second kappa shape index (κ2) is 21.6. The highest BCUT2D eigenvalue weighted by molar-refractivity contribution is 5.79. The van der Waals surface area contributed by atoms with E-state index >= 15 is 0 Å². The quantitative estimate of drug-likeness (QED) is 0.0193. The number of alkyl carbamates (subject to hydrolysis) is 1. The molecule has 4 aromatic carbocycles. The second-order valence-electron chi connectivity index (χ2n) is 15.0. The molecular weight excluding hydrogens is 856 g/mol. The average Bonchev–Trinajstić information content (AvgIpc) is 3.59. The van der Waals surface area contributed by atoms with Crippen LogP contribution in [-0.2, 0) is 44.7 Å². The van der Waals surface area contributed by atoms with Crippen LogP contribution in [0.4, 0.5) is 15.3 Å². The molecule has 1 fully saturated rings. The Bertz CT molecular complexity index is 2360. The fraction of sp³-hybridized carbons (Fsp3) is 0.333. The number of hydrogen-bond acceptors (Lipinski definition) is 15. The number of esters is 1. The molecule has 1 saturated heterocycles. The lowest BCUT2D eigenvalue weighted by molar-refractivity contribution is -0.384. The van der Waals surface area contributed by atoms with Gasteiger partial charge in [0.2, 0.25) is 6.29 Å². The normalized spacial score (nSPS) is 18.5. The van der Waals surface area contributed by atoms with Gasteiger partial charge in [0.15, 0.2) is 6.10 Å². The fourth-order valence-electron chi connectivity index (χ4n) is 7.95. The Morgan fingerprint density at radius 3 is 1.97 bits per heavy atom. The van der Waals surface area contributed by atoms with Gasteiger partial charge in [0.1, 0.15) is 30.5 Å². The lowest BCUT2D eigenvalue weighted by Gasteiger charge is -2.44. The zero-order valence-electron chi connectivity index (χ0n) is 34.7. The van der Waals surface area contributed by atoms with Gasteiger partial charge in [0.05, 0.1) is 31.5 Å². The summed E-state index contributed by atoms with van der Waals surface area (Å²) in [7, 11) is 1.02. The van der Waals surface area contributed by atoms with Crippen LogP contribution in [0.3, 0.4) is 0 Å². The summed E-state index contributed by atoms with van der Waals surface area (Å²) in [6.45, 7) is -0.251. The largest absolute Gasteiger partial charge is 0.514 e. The molecule has 20 heteroatoms. The molecule has 1 aliphatic heterocycles. The number of benzene rings is 4. The topological polar surface area (TPSA) is 283 Å². The number of nitrogens with zero attached hydrogens (tertiary/aromatic N) is 1. The van der Waals surface area contributed by atoms with E-state index < -0.39 is 97.1 Å². The predicted molar refractivity (Wildman–Crippen MR) is 222 cm³/mol. The molecule has 65 heavy (non-hydrogen) atoms. The van der Waals surface area contributed by atoms with Crippen molar-refractivity contribution in [2.24, 2.45) is 17.8 Å². The number of nitro benzene ring substituents is 1. The Morgan fingerprint density at radius 2 is 1.35 bits per heavy atom. The van der Waals surface area contributed by atoms with Gasteiger partial charge < -0.3 is 53.8 Å². The number of carbonyl (C=O) groups excluding carboxylic acids is 3. The summed E-state index contributed by atoms with van der Waals surface area (Å²) in [5, 5.41) is 42.9. The van der Waals surface area contributed by atoms with Gasteiger partial charge in [-0.1, -0.05) is 48.5 Å². The van der Waals surface area contributed by atoms with Gasteiger partial charge in [-0.2, -0.15) is 0 Å². The molecule has 1 aliphatic carbocycles. The van der Waals surface area contributed by atoms with E-state index in [1.54, 1.807) is 0 Å². The van der Waals surface area contributed by atoms with Gasteiger partial charge >= 0.3 is 36.1 Å². The van der Waals surface area contributed by atoms with Crippen LogP contribution in [0, 0.1) is 27.9 Å². The number of carboxylic acid groups (broad SMARTS) is 3. The summed E-state index contributed by atoms with van der Waals surface area (Å²) in [5.74, 6) is -9.15.